The van der Waals surface area contributed by atoms with Crippen LogP contribution < -0.4 is 10.5 Å². The standard InChI is InChI=1S/C16H23N3O4S/c1-11-5-13(7-17)8-18(11)16(20)10-24-9-12-3-4-15(23-2)14(6-12)19(21)22/h3-4,6,11,13H,5,7-10,17H2,1-2H3. The molecule has 7 nitrogen and oxygen atoms in total. The Bertz CT molecular complexity index is 611. The molecule has 0 spiro atoms. The number of ether oxygens (including phenoxy) is 1. The monoisotopic (exact) mass is 353 g/mol. The highest BCUT2D eigenvalue weighted by Crippen LogP contribution is 2.29. The van der Waals surface area contributed by atoms with E-state index in [1.54, 1.807) is 12.1 Å². The van der Waals surface area contributed by atoms with Gasteiger partial charge in [0.2, 0.25) is 5.91 Å². The van der Waals surface area contributed by atoms with Crippen molar-refractivity contribution in [1.82, 2.24) is 4.90 Å². The minimum Gasteiger partial charge on any atom is -0.490 e. The van der Waals surface area contributed by atoms with Gasteiger partial charge in [0.1, 0.15) is 0 Å². The number of carbonyl (C=O) groups excluding carboxylic acids is 1. The zero-order valence-electron chi connectivity index (χ0n) is 13.9. The number of nitro benzene ring substituents is 1. The smallest absolute Gasteiger partial charge is 0.311 e. The van der Waals surface area contributed by atoms with Crippen LogP contribution in [0.5, 0.6) is 5.75 Å². The van der Waals surface area contributed by atoms with E-state index in [-0.39, 0.29) is 23.4 Å². The molecule has 1 amide bonds. The van der Waals surface area contributed by atoms with Gasteiger partial charge < -0.3 is 15.4 Å². The molecule has 8 heteroatoms. The number of rotatable bonds is 7. The molecule has 2 N–H and O–H groups in total. The highest BCUT2D eigenvalue weighted by atomic mass is 32.2. The van der Waals surface area contributed by atoms with Gasteiger partial charge in [-0.1, -0.05) is 6.07 Å². The van der Waals surface area contributed by atoms with Crippen LogP contribution in [0.2, 0.25) is 0 Å². The van der Waals surface area contributed by atoms with Crippen LogP contribution in [0.3, 0.4) is 0 Å². The molecule has 0 radical (unpaired) electrons. The van der Waals surface area contributed by atoms with Crippen molar-refractivity contribution < 1.29 is 14.5 Å². The second-order valence-electron chi connectivity index (χ2n) is 5.99. The van der Waals surface area contributed by atoms with Crippen molar-refractivity contribution in [3.8, 4) is 5.75 Å². The summed E-state index contributed by atoms with van der Waals surface area (Å²) in [5.74, 6) is 1.63. The van der Waals surface area contributed by atoms with E-state index in [1.807, 2.05) is 11.8 Å². The van der Waals surface area contributed by atoms with Crippen LogP contribution in [0.4, 0.5) is 5.69 Å². The summed E-state index contributed by atoms with van der Waals surface area (Å²) in [5.41, 5.74) is 6.43. The summed E-state index contributed by atoms with van der Waals surface area (Å²) in [6.07, 6.45) is 0.956. The number of nitro groups is 1. The summed E-state index contributed by atoms with van der Waals surface area (Å²) >= 11 is 1.46. The largest absolute Gasteiger partial charge is 0.490 e. The Morgan fingerprint density at radius 3 is 2.88 bits per heavy atom. The van der Waals surface area contributed by atoms with E-state index in [2.05, 4.69) is 0 Å². The Balaban J connectivity index is 1.89. The van der Waals surface area contributed by atoms with E-state index < -0.39 is 4.92 Å². The van der Waals surface area contributed by atoms with E-state index in [0.717, 1.165) is 18.5 Å². The van der Waals surface area contributed by atoms with E-state index in [4.69, 9.17) is 10.5 Å². The van der Waals surface area contributed by atoms with Crippen LogP contribution in [-0.4, -0.2) is 47.7 Å². The molecule has 0 bridgehead atoms. The topological polar surface area (TPSA) is 98.7 Å². The maximum Gasteiger partial charge on any atom is 0.311 e. The van der Waals surface area contributed by atoms with Crippen molar-refractivity contribution in [3.63, 3.8) is 0 Å². The van der Waals surface area contributed by atoms with Crippen LogP contribution in [0.15, 0.2) is 18.2 Å². The fourth-order valence-electron chi connectivity index (χ4n) is 2.97. The number of thioether (sulfide) groups is 1. The quantitative estimate of drug-likeness (QED) is 0.595. The second-order valence-corrected chi connectivity index (χ2v) is 6.97. The van der Waals surface area contributed by atoms with Gasteiger partial charge in [-0.25, -0.2) is 0 Å². The van der Waals surface area contributed by atoms with Crippen LogP contribution in [0, 0.1) is 16.0 Å². The molecule has 1 aliphatic heterocycles. The zero-order valence-corrected chi connectivity index (χ0v) is 14.8. The fraction of sp³-hybridized carbons (Fsp3) is 0.562. The van der Waals surface area contributed by atoms with Crippen molar-refractivity contribution in [1.29, 1.82) is 0 Å². The molecule has 1 aromatic rings. The van der Waals surface area contributed by atoms with Gasteiger partial charge in [-0.15, -0.1) is 11.8 Å². The number of benzene rings is 1. The van der Waals surface area contributed by atoms with Gasteiger partial charge in [0.05, 0.1) is 17.8 Å². The van der Waals surface area contributed by atoms with Crippen molar-refractivity contribution in [2.24, 2.45) is 11.7 Å². The first-order valence-corrected chi connectivity index (χ1v) is 9.00. The number of carbonyl (C=O) groups is 1. The van der Waals surface area contributed by atoms with E-state index in [0.29, 0.717) is 24.0 Å². The average Bonchev–Trinajstić information content (AvgIpc) is 2.95. The van der Waals surface area contributed by atoms with Gasteiger partial charge in [0.15, 0.2) is 5.75 Å². The number of likely N-dealkylation sites (tertiary alicyclic amines) is 1. The Hall–Kier alpha value is -1.80. The van der Waals surface area contributed by atoms with Crippen LogP contribution in [0.1, 0.15) is 18.9 Å². The molecular formula is C16H23N3O4S. The maximum absolute atomic E-state index is 12.3. The van der Waals surface area contributed by atoms with E-state index in [9.17, 15) is 14.9 Å². The molecule has 2 atom stereocenters. The molecule has 24 heavy (non-hydrogen) atoms. The van der Waals surface area contributed by atoms with Crippen LogP contribution in [-0.2, 0) is 10.5 Å². The lowest BCUT2D eigenvalue weighted by Crippen LogP contribution is -2.35. The number of nitrogens with two attached hydrogens (primary N) is 1. The third kappa shape index (κ3) is 4.39. The van der Waals surface area contributed by atoms with Gasteiger partial charge in [0, 0.05) is 24.4 Å². The van der Waals surface area contributed by atoms with Crippen LogP contribution in [0.25, 0.3) is 0 Å². The van der Waals surface area contributed by atoms with Gasteiger partial charge in [0.25, 0.3) is 0 Å². The molecule has 2 rings (SSSR count). The summed E-state index contributed by atoms with van der Waals surface area (Å²) < 4.78 is 4.98. The molecule has 0 aromatic heterocycles. The van der Waals surface area contributed by atoms with Gasteiger partial charge >= 0.3 is 5.69 Å². The predicted octanol–water partition coefficient (Wildman–Crippen LogP) is 2.03. The number of amides is 1. The molecule has 132 valence electrons. The number of hydrogen-bond donors (Lipinski definition) is 1. The Morgan fingerprint density at radius 1 is 1.54 bits per heavy atom. The Labute approximate surface area is 145 Å². The summed E-state index contributed by atoms with van der Waals surface area (Å²) in [6.45, 7) is 3.38. The molecule has 1 fully saturated rings. The summed E-state index contributed by atoms with van der Waals surface area (Å²) in [6, 6.07) is 5.10. The number of methoxy groups -OCH3 is 1. The minimum absolute atomic E-state index is 0.0547. The fourth-order valence-corrected chi connectivity index (χ4v) is 3.83. The molecule has 2 unspecified atom stereocenters. The highest BCUT2D eigenvalue weighted by Gasteiger charge is 2.31. The minimum atomic E-state index is -0.461. The van der Waals surface area contributed by atoms with Crippen molar-refractivity contribution in [2.45, 2.75) is 25.1 Å². The normalized spacial score (nSPS) is 20.2. The van der Waals surface area contributed by atoms with Crippen LogP contribution >= 0.6 is 11.8 Å². The molecule has 0 saturated carbocycles. The summed E-state index contributed by atoms with van der Waals surface area (Å²) in [4.78, 5) is 24.8. The molecular weight excluding hydrogens is 330 g/mol. The molecule has 0 aliphatic carbocycles. The van der Waals surface area contributed by atoms with Crippen molar-refractivity contribution in [2.75, 3.05) is 26.0 Å². The van der Waals surface area contributed by atoms with Gasteiger partial charge in [-0.2, -0.15) is 0 Å². The van der Waals surface area contributed by atoms with Gasteiger partial charge in [-0.05, 0) is 37.4 Å². The first-order valence-electron chi connectivity index (χ1n) is 7.84. The third-order valence-electron chi connectivity index (χ3n) is 4.25. The maximum atomic E-state index is 12.3. The van der Waals surface area contributed by atoms with E-state index in [1.165, 1.54) is 24.9 Å². The lowest BCUT2D eigenvalue weighted by molar-refractivity contribution is -0.385. The van der Waals surface area contributed by atoms with E-state index >= 15 is 0 Å². The van der Waals surface area contributed by atoms with Crippen molar-refractivity contribution in [3.05, 3.63) is 33.9 Å². The summed E-state index contributed by atoms with van der Waals surface area (Å²) in [7, 11) is 1.40. The second kappa shape index (κ2) is 8.34. The zero-order chi connectivity index (χ0) is 17.7. The SMILES string of the molecule is COc1ccc(CSCC(=O)N2CC(CN)CC2C)cc1[N+](=O)[O-]. The molecule has 1 aliphatic rings. The third-order valence-corrected chi connectivity index (χ3v) is 5.24. The summed E-state index contributed by atoms with van der Waals surface area (Å²) in [5, 5.41) is 11.0. The number of nitrogens with zero attached hydrogens (tertiary/aromatic N) is 2. The lowest BCUT2D eigenvalue weighted by Gasteiger charge is -2.21. The molecule has 1 heterocycles. The highest BCUT2D eigenvalue weighted by molar-refractivity contribution is 7.99. The molecule has 1 saturated heterocycles. The predicted molar refractivity (Wildman–Crippen MR) is 94.1 cm³/mol. The molecule has 1 aromatic carbocycles. The number of hydrogen-bond acceptors (Lipinski definition) is 6. The lowest BCUT2D eigenvalue weighted by atomic mass is 10.1. The Morgan fingerprint density at radius 2 is 2.29 bits per heavy atom. The first kappa shape index (κ1) is 18.5. The first-order chi connectivity index (χ1) is 11.5. The average molecular weight is 353 g/mol. The van der Waals surface area contributed by atoms with Gasteiger partial charge in [-0.3, -0.25) is 14.9 Å². The van der Waals surface area contributed by atoms with Crippen molar-refractivity contribution >= 4 is 23.4 Å². The Kier molecular flexibility index (Phi) is 6.44.